The van der Waals surface area contributed by atoms with E-state index in [1.165, 1.54) is 32.0 Å². The fraction of sp³-hybridized carbons (Fsp3) is 0.560. The molecule has 3 aliphatic rings. The summed E-state index contributed by atoms with van der Waals surface area (Å²) in [5, 5.41) is 54.7. The molecule has 0 radical (unpaired) electrons. The van der Waals surface area contributed by atoms with Gasteiger partial charge in [0.1, 0.15) is 66.5 Å². The molecule has 44 heteroatoms. The molecule has 2 aromatic heterocycles. The van der Waals surface area contributed by atoms with E-state index in [4.69, 9.17) is 28.3 Å². The van der Waals surface area contributed by atoms with Crippen molar-refractivity contribution in [2.75, 3.05) is 72.0 Å². The number of amides is 15. The number of fused-ring (bicyclic) bond motifs is 4. The number of guanidine groups is 1. The number of aliphatic hydroxyl groups excluding tert-OH is 2. The minimum atomic E-state index is -4.90. The van der Waals surface area contributed by atoms with E-state index in [0.717, 1.165) is 44.8 Å². The number of hydrogen-bond acceptors (Lipinski definition) is 22. The summed E-state index contributed by atoms with van der Waals surface area (Å²) in [6.45, 7) is 5.19. The maximum absolute atomic E-state index is 15.8. The number of benzene rings is 3. The van der Waals surface area contributed by atoms with Gasteiger partial charge in [0.25, 0.3) is 0 Å². The van der Waals surface area contributed by atoms with Gasteiger partial charge in [-0.2, -0.15) is 13.2 Å². The predicted molar refractivity (Wildman–Crippen MR) is 492 cm³/mol. The summed E-state index contributed by atoms with van der Waals surface area (Å²) >= 11 is 0.653. The minimum absolute atomic E-state index is 0.00282. The molecule has 0 spiro atoms. The van der Waals surface area contributed by atoms with E-state index in [1.807, 2.05) is 13.8 Å². The second kappa shape index (κ2) is 50.7. The first-order valence-corrected chi connectivity index (χ1v) is 46.5. The summed E-state index contributed by atoms with van der Waals surface area (Å²) in [5.41, 5.74) is 24.0. The molecule has 3 fully saturated rings. The summed E-state index contributed by atoms with van der Waals surface area (Å²) in [6.07, 6.45) is -5.28. The molecule has 15 atom stereocenters. The number of aromatic nitrogens is 2. The van der Waals surface area contributed by atoms with Gasteiger partial charge in [-0.3, -0.25) is 86.9 Å². The summed E-state index contributed by atoms with van der Waals surface area (Å²) in [6, 6.07) is -1.24. The molecule has 0 unspecified atom stereocenters. The monoisotopic (exact) mass is 1910 g/mol. The van der Waals surface area contributed by atoms with Crippen molar-refractivity contribution in [3.05, 3.63) is 107 Å². The zero-order valence-corrected chi connectivity index (χ0v) is 77.9. The normalized spacial score (nSPS) is 25.0. The largest absolute Gasteiger partial charge is 0.416 e. The van der Waals surface area contributed by atoms with Gasteiger partial charge in [-0.25, -0.2) is 0 Å². The van der Waals surface area contributed by atoms with Crippen molar-refractivity contribution in [2.45, 2.75) is 235 Å². The number of thioether (sulfide) groups is 1. The number of rotatable bonds is 25. The van der Waals surface area contributed by atoms with Crippen molar-refractivity contribution in [1.29, 1.82) is 5.41 Å². The average Bonchev–Trinajstić information content (AvgIpc) is 1.75. The minimum Gasteiger partial charge on any atom is -0.394 e. The second-order valence-corrected chi connectivity index (χ2v) is 36.1. The number of nitrogens with zero attached hydrogens (tertiary/aromatic N) is 5. The Kier molecular flexibility index (Phi) is 40.4. The molecule has 3 saturated heterocycles. The molecule has 135 heavy (non-hydrogen) atoms. The lowest BCUT2D eigenvalue weighted by Crippen LogP contribution is -2.61. The lowest BCUT2D eigenvalue weighted by atomic mass is 9.88. The maximum Gasteiger partial charge on any atom is 0.416 e. The summed E-state index contributed by atoms with van der Waals surface area (Å²) < 4.78 is 42.8. The first-order valence-electron chi connectivity index (χ1n) is 45.3. The molecular formula is C91H128F3N21O19S. The van der Waals surface area contributed by atoms with Gasteiger partial charge in [0.15, 0.2) is 17.5 Å². The van der Waals surface area contributed by atoms with Crippen LogP contribution in [0, 0.1) is 23.2 Å². The Morgan fingerprint density at radius 1 is 0.585 bits per heavy atom. The quantitative estimate of drug-likeness (QED) is 0.0200. The van der Waals surface area contributed by atoms with E-state index in [0.29, 0.717) is 70.4 Å². The predicted octanol–water partition coefficient (Wildman–Crippen LogP) is -0.442. The molecule has 738 valence electrons. The first kappa shape index (κ1) is 108. The standard InChI is InChI=1S/C91H128F3N21O19S/c1-9-11-27-69-83(128)105-62(26-18-30-100-90(98)99)81(126)110-68(80(125)103-44-76(97)121)47-135-48-77(122)104-64(34-51-20-17-21-56(33-51)91(92,93)94)86(131)111(6)50(5)78(123)106-65(40-75(96)120)87(132)114-31-19-29-70(114)84(129)108-66(41-95)82(127)107-63(32-49(3)4)88(133)115-45-57(117)39-72(115)74(119)37-52(35-54-42-101-60-24-15-13-22-58(54)60)79(124)109-67(46-116)73(118)38-53(36-55-43-102-61-25-16-14-23-59(55)61)85(130)113(8)71(28-12-10-2)89(134)112(69)7/h13-17,20-25,33,42-43,49-50,52-53,57,62-72,101-102,116-117H,9-12,18-19,26-32,34-41,44-48,95H2,1-8H3,(H2,96,120)(H2,97,121)(H,103,125)(H,104,122)(H,105,128)(H,106,123)(H,107,127)(H,108,129)(H,109,124)(H,110,126)(H4,98,99,100)/t50-,52+,53+,57+,62-,63-,64-,65-,66-,67-,68-,69-,70-,71-,72-/m0/s1. The van der Waals surface area contributed by atoms with Crippen LogP contribution in [-0.4, -0.2) is 301 Å². The van der Waals surface area contributed by atoms with Gasteiger partial charge >= 0.3 is 6.18 Å². The highest BCUT2D eigenvalue weighted by atomic mass is 32.2. The third-order valence-electron chi connectivity index (χ3n) is 24.5. The molecule has 0 aliphatic carbocycles. The number of Topliss-reactive ketones (excluding diaryl/α,β-unsaturated/α-hetero) is 2. The zero-order chi connectivity index (χ0) is 99.4. The van der Waals surface area contributed by atoms with Crippen molar-refractivity contribution in [2.24, 2.45) is 40.7 Å². The van der Waals surface area contributed by atoms with Crippen LogP contribution in [0.1, 0.15) is 153 Å². The number of hydrogen-bond donors (Lipinski definition) is 18. The number of carbonyl (C=O) groups is 17. The van der Waals surface area contributed by atoms with Gasteiger partial charge in [-0.15, -0.1) is 11.8 Å². The number of halogens is 3. The van der Waals surface area contributed by atoms with Crippen molar-refractivity contribution in [3.8, 4) is 0 Å². The van der Waals surface area contributed by atoms with Crippen LogP contribution in [0.25, 0.3) is 21.8 Å². The van der Waals surface area contributed by atoms with Crippen LogP contribution in [-0.2, 0) is 107 Å². The topological polar surface area (TPSA) is 615 Å². The van der Waals surface area contributed by atoms with Crippen LogP contribution in [0.15, 0.2) is 85.2 Å². The van der Waals surface area contributed by atoms with E-state index >= 15 is 33.6 Å². The van der Waals surface area contributed by atoms with Gasteiger partial charge < -0.3 is 115 Å². The van der Waals surface area contributed by atoms with Gasteiger partial charge in [0.05, 0.1) is 43.0 Å². The fourth-order valence-corrected chi connectivity index (χ4v) is 17.9. The van der Waals surface area contributed by atoms with Gasteiger partial charge in [-0.05, 0) is 106 Å². The highest BCUT2D eigenvalue weighted by Gasteiger charge is 2.47. The van der Waals surface area contributed by atoms with Crippen molar-refractivity contribution in [3.63, 3.8) is 0 Å². The SMILES string of the molecule is CCCC[C@H]1C(=O)N(C)[C@@H](CCCC)C(=O)N[C@@H](CCCNC(=N)N)C(=O)N[C@H](C(=O)NCC(N)=O)CSCC(=O)N[C@@H](Cc2cccc(C(F)(F)F)c2)C(=O)N(C)[C@@H](C)C(=O)N[C@@H](CC(N)=O)C(=O)N2CCC[C@H]2C(=O)N[C@@H](CN)C(=O)N[C@@H](CC(C)C)C(=O)N2C[C@H](O)C[C@H]2C(=O)C[C@@H](Cc2c[nH]c3ccccc23)C(=O)N[C@@H](CO)C(=O)C[C@@H](Cc2c[nH]c3ccccc23)C(=O)N1C. The number of nitrogens with two attached hydrogens (primary N) is 4. The summed E-state index contributed by atoms with van der Waals surface area (Å²) in [5.74, 6) is -21.1. The molecule has 0 saturated carbocycles. The Morgan fingerprint density at radius 3 is 1.76 bits per heavy atom. The Labute approximate surface area is 783 Å². The van der Waals surface area contributed by atoms with E-state index in [1.54, 1.807) is 74.8 Å². The molecular weight excluding hydrogens is 1780 g/mol. The van der Waals surface area contributed by atoms with Crippen molar-refractivity contribution in [1.82, 2.24) is 82.3 Å². The smallest absolute Gasteiger partial charge is 0.394 e. The molecule has 3 aromatic carbocycles. The number of primary amides is 2. The van der Waals surface area contributed by atoms with Crippen LogP contribution in [0.2, 0.25) is 0 Å². The highest BCUT2D eigenvalue weighted by Crippen LogP contribution is 2.33. The number of alkyl halides is 3. The number of carbonyl (C=O) groups excluding carboxylic acids is 17. The third kappa shape index (κ3) is 30.2. The fourth-order valence-electron chi connectivity index (χ4n) is 17.0. The van der Waals surface area contributed by atoms with Crippen LogP contribution >= 0.6 is 11.8 Å². The molecule has 15 amide bonds. The molecule has 8 rings (SSSR count). The number of ketones is 2. The Hall–Kier alpha value is -12.6. The van der Waals surface area contributed by atoms with Crippen LogP contribution in [0.3, 0.4) is 0 Å². The average molecular weight is 1910 g/mol. The van der Waals surface area contributed by atoms with Gasteiger partial charge in [0.2, 0.25) is 88.6 Å². The number of aromatic amines is 2. The van der Waals surface area contributed by atoms with Gasteiger partial charge in [-0.1, -0.05) is 108 Å². The number of H-pyrrole nitrogens is 2. The molecule has 3 aliphatic heterocycles. The number of nitrogens with one attached hydrogen (secondary N) is 12. The van der Waals surface area contributed by atoms with Crippen LogP contribution < -0.4 is 70.8 Å². The number of likely N-dealkylation sites (N-methyl/N-ethyl adjacent to an activating group) is 3. The van der Waals surface area contributed by atoms with Crippen LogP contribution in [0.5, 0.6) is 0 Å². The number of unbranched alkanes of at least 4 members (excludes halogenated alkanes) is 2. The van der Waals surface area contributed by atoms with E-state index < -0.39 is 272 Å². The van der Waals surface area contributed by atoms with Crippen LogP contribution in [0.4, 0.5) is 13.2 Å². The zero-order valence-electron chi connectivity index (χ0n) is 77.1. The third-order valence-corrected chi connectivity index (χ3v) is 25.5. The van der Waals surface area contributed by atoms with E-state index in [2.05, 4.69) is 57.8 Å². The molecule has 22 N–H and O–H groups in total. The van der Waals surface area contributed by atoms with E-state index in [9.17, 15) is 71.3 Å². The maximum atomic E-state index is 15.8. The lowest BCUT2D eigenvalue weighted by Gasteiger charge is -2.36. The number of aliphatic hydroxyl groups is 2. The van der Waals surface area contributed by atoms with Crippen molar-refractivity contribution < 1.29 is 105 Å². The molecule has 5 heterocycles. The summed E-state index contributed by atoms with van der Waals surface area (Å²) in [4.78, 5) is 261. The second-order valence-electron chi connectivity index (χ2n) is 35.1. The molecule has 5 aromatic rings. The van der Waals surface area contributed by atoms with Gasteiger partial charge in [0, 0.05) is 125 Å². The molecule has 0 bridgehead atoms. The Balaban J connectivity index is 1.20. The molecule has 40 nitrogen and oxygen atoms in total. The van der Waals surface area contributed by atoms with E-state index in [-0.39, 0.29) is 88.8 Å². The van der Waals surface area contributed by atoms with Crippen molar-refractivity contribution >= 4 is 140 Å². The number of para-hydroxylation sites is 2. The lowest BCUT2D eigenvalue weighted by molar-refractivity contribution is -0.150. The Bertz CT molecular complexity index is 5090. The summed E-state index contributed by atoms with van der Waals surface area (Å²) in [7, 11) is 3.78. The highest BCUT2D eigenvalue weighted by molar-refractivity contribution is 8.00. The Morgan fingerprint density at radius 2 is 1.16 bits per heavy atom. The first-order chi connectivity index (χ1) is 64.0.